The summed E-state index contributed by atoms with van der Waals surface area (Å²) in [6.07, 6.45) is 14.6. The molecule has 0 aromatic heterocycles. The van der Waals surface area contributed by atoms with Crippen molar-refractivity contribution >= 4 is 11.4 Å². The number of hydrogen-bond donors (Lipinski definition) is 0. The van der Waals surface area contributed by atoms with E-state index in [0.29, 0.717) is 5.92 Å². The third-order valence-corrected chi connectivity index (χ3v) is 4.81. The summed E-state index contributed by atoms with van der Waals surface area (Å²) in [5.41, 5.74) is 6.04. The highest BCUT2D eigenvalue weighted by atomic mass is 14.7. The average Bonchev–Trinajstić information content (AvgIpc) is 2.70. The summed E-state index contributed by atoms with van der Waals surface area (Å²) < 4.78 is 0. The van der Waals surface area contributed by atoms with Gasteiger partial charge in [-0.1, -0.05) is 79.3 Å². The molecule has 0 saturated carbocycles. The van der Waals surface area contributed by atoms with E-state index < -0.39 is 0 Å². The van der Waals surface area contributed by atoms with Gasteiger partial charge in [0.15, 0.2) is 0 Å². The Kier molecular flexibility index (Phi) is 6.38. The van der Waals surface area contributed by atoms with Gasteiger partial charge in [0, 0.05) is 5.71 Å². The van der Waals surface area contributed by atoms with Gasteiger partial charge in [0.1, 0.15) is 0 Å². The van der Waals surface area contributed by atoms with Crippen LogP contribution in [0, 0.1) is 5.92 Å². The molecule has 1 heteroatoms. The first-order valence-corrected chi connectivity index (χ1v) is 9.51. The molecule has 1 atom stereocenters. The fourth-order valence-electron chi connectivity index (χ4n) is 3.31. The molecule has 0 spiro atoms. The van der Waals surface area contributed by atoms with E-state index in [9.17, 15) is 0 Å². The highest BCUT2D eigenvalue weighted by Gasteiger charge is 2.09. The Morgan fingerprint density at radius 1 is 1.04 bits per heavy atom. The Morgan fingerprint density at radius 3 is 2.42 bits per heavy atom. The largest absolute Gasteiger partial charge is 0.254 e. The molecule has 0 heterocycles. The minimum absolute atomic E-state index is 0.519. The van der Waals surface area contributed by atoms with Gasteiger partial charge in [-0.2, -0.15) is 0 Å². The van der Waals surface area contributed by atoms with Crippen LogP contribution < -0.4 is 0 Å². The van der Waals surface area contributed by atoms with E-state index in [1.54, 1.807) is 0 Å². The zero-order chi connectivity index (χ0) is 18.2. The van der Waals surface area contributed by atoms with Crippen molar-refractivity contribution in [3.8, 4) is 11.1 Å². The van der Waals surface area contributed by atoms with E-state index in [0.717, 1.165) is 24.2 Å². The average molecular weight is 341 g/mol. The van der Waals surface area contributed by atoms with Crippen molar-refractivity contribution in [1.29, 1.82) is 0 Å². The van der Waals surface area contributed by atoms with Crippen molar-refractivity contribution in [3.05, 3.63) is 90.6 Å². The lowest BCUT2D eigenvalue weighted by molar-refractivity contribution is 0.683. The van der Waals surface area contributed by atoms with Gasteiger partial charge in [-0.05, 0) is 61.4 Å². The van der Waals surface area contributed by atoms with E-state index in [1.165, 1.54) is 23.1 Å². The van der Waals surface area contributed by atoms with Crippen LogP contribution in [0.2, 0.25) is 0 Å². The standard InChI is InChI=1S/C25H27N/c1-3-21(22-10-6-4-7-11-22)15-14-20(2)26-25-18-16-24(17-19-25)23-12-8-5-9-13-23/h4-6,8-10,12-19,21H,3,7,11H2,1-2H3/b15-14-,26-20?. The Morgan fingerprint density at radius 2 is 1.77 bits per heavy atom. The molecule has 0 N–H and O–H groups in total. The van der Waals surface area contributed by atoms with Gasteiger partial charge in [0.05, 0.1) is 5.69 Å². The van der Waals surface area contributed by atoms with Gasteiger partial charge in [0.2, 0.25) is 0 Å². The Balaban J connectivity index is 1.69. The van der Waals surface area contributed by atoms with Crippen LogP contribution in [0.5, 0.6) is 0 Å². The Labute approximate surface area is 157 Å². The van der Waals surface area contributed by atoms with Gasteiger partial charge in [0.25, 0.3) is 0 Å². The van der Waals surface area contributed by atoms with E-state index in [4.69, 9.17) is 4.99 Å². The minimum atomic E-state index is 0.519. The predicted molar refractivity (Wildman–Crippen MR) is 114 cm³/mol. The monoisotopic (exact) mass is 341 g/mol. The number of aliphatic imine (C=N–C) groups is 1. The van der Waals surface area contributed by atoms with Crippen LogP contribution in [-0.2, 0) is 0 Å². The number of nitrogens with zero attached hydrogens (tertiary/aromatic N) is 1. The molecule has 1 unspecified atom stereocenters. The van der Waals surface area contributed by atoms with Crippen molar-refractivity contribution in [2.45, 2.75) is 33.1 Å². The summed E-state index contributed by atoms with van der Waals surface area (Å²) in [5, 5.41) is 0. The van der Waals surface area contributed by atoms with Crippen LogP contribution in [0.1, 0.15) is 33.1 Å². The minimum Gasteiger partial charge on any atom is -0.254 e. The van der Waals surface area contributed by atoms with Crippen LogP contribution in [0.25, 0.3) is 11.1 Å². The van der Waals surface area contributed by atoms with Crippen LogP contribution in [-0.4, -0.2) is 5.71 Å². The maximum absolute atomic E-state index is 4.74. The van der Waals surface area contributed by atoms with Crippen LogP contribution in [0.4, 0.5) is 5.69 Å². The Bertz CT molecular complexity index is 820. The lowest BCUT2D eigenvalue weighted by Crippen LogP contribution is -2.02. The first kappa shape index (κ1) is 18.1. The van der Waals surface area contributed by atoms with E-state index in [2.05, 4.69) is 92.8 Å². The highest BCUT2D eigenvalue weighted by molar-refractivity contribution is 5.94. The normalized spacial score (nSPS) is 15.9. The lowest BCUT2D eigenvalue weighted by Gasteiger charge is -2.16. The molecule has 0 amide bonds. The second kappa shape index (κ2) is 9.15. The Hall–Kier alpha value is -2.67. The second-order valence-corrected chi connectivity index (χ2v) is 6.75. The number of benzene rings is 2. The van der Waals surface area contributed by atoms with E-state index in [1.807, 2.05) is 6.07 Å². The molecule has 26 heavy (non-hydrogen) atoms. The molecule has 1 aliphatic rings. The second-order valence-electron chi connectivity index (χ2n) is 6.75. The first-order valence-electron chi connectivity index (χ1n) is 9.51. The van der Waals surface area contributed by atoms with Crippen molar-refractivity contribution < 1.29 is 0 Å². The SMILES string of the molecule is CCC(/C=C\C(C)=Nc1ccc(-c2ccccc2)cc1)C1=CC=CCC1. The third-order valence-electron chi connectivity index (χ3n) is 4.81. The maximum atomic E-state index is 4.74. The molecule has 0 bridgehead atoms. The van der Waals surface area contributed by atoms with Crippen molar-refractivity contribution in [3.63, 3.8) is 0 Å². The molecular weight excluding hydrogens is 314 g/mol. The molecule has 3 rings (SSSR count). The summed E-state index contributed by atoms with van der Waals surface area (Å²) >= 11 is 0. The number of rotatable bonds is 6. The van der Waals surface area contributed by atoms with Gasteiger partial charge in [-0.15, -0.1) is 0 Å². The molecule has 0 radical (unpaired) electrons. The van der Waals surface area contributed by atoms with Gasteiger partial charge in [-0.3, -0.25) is 4.99 Å². The molecule has 0 fully saturated rings. The first-order chi connectivity index (χ1) is 12.8. The molecule has 2 aromatic rings. The van der Waals surface area contributed by atoms with Crippen molar-refractivity contribution in [2.75, 3.05) is 0 Å². The zero-order valence-electron chi connectivity index (χ0n) is 15.7. The smallest absolute Gasteiger partial charge is 0.0633 e. The zero-order valence-corrected chi connectivity index (χ0v) is 15.7. The summed E-state index contributed by atoms with van der Waals surface area (Å²) in [6.45, 7) is 4.33. The predicted octanol–water partition coefficient (Wildman–Crippen LogP) is 7.30. The highest BCUT2D eigenvalue weighted by Crippen LogP contribution is 2.25. The molecular formula is C25H27N. The summed E-state index contributed by atoms with van der Waals surface area (Å²) in [5.74, 6) is 0.519. The topological polar surface area (TPSA) is 12.4 Å². The van der Waals surface area contributed by atoms with E-state index in [-0.39, 0.29) is 0 Å². The number of allylic oxidation sites excluding steroid dienone is 6. The van der Waals surface area contributed by atoms with Crippen molar-refractivity contribution in [2.24, 2.45) is 10.9 Å². The molecule has 132 valence electrons. The quantitative estimate of drug-likeness (QED) is 0.489. The molecule has 2 aromatic carbocycles. The summed E-state index contributed by atoms with van der Waals surface area (Å²) in [7, 11) is 0. The number of hydrogen-bond acceptors (Lipinski definition) is 1. The lowest BCUT2D eigenvalue weighted by atomic mass is 9.89. The third kappa shape index (κ3) is 4.92. The van der Waals surface area contributed by atoms with E-state index >= 15 is 0 Å². The molecule has 0 aliphatic heterocycles. The van der Waals surface area contributed by atoms with Crippen LogP contribution in [0.3, 0.4) is 0 Å². The van der Waals surface area contributed by atoms with Crippen LogP contribution in [0.15, 0.2) is 95.5 Å². The molecule has 1 aliphatic carbocycles. The molecule has 0 saturated heterocycles. The summed E-state index contributed by atoms with van der Waals surface area (Å²) in [4.78, 5) is 4.74. The maximum Gasteiger partial charge on any atom is 0.0633 e. The fraction of sp³-hybridized carbons (Fsp3) is 0.240. The van der Waals surface area contributed by atoms with Gasteiger partial charge >= 0.3 is 0 Å². The van der Waals surface area contributed by atoms with Gasteiger partial charge < -0.3 is 0 Å². The molecule has 1 nitrogen and oxygen atoms in total. The summed E-state index contributed by atoms with van der Waals surface area (Å²) in [6, 6.07) is 18.9. The van der Waals surface area contributed by atoms with Crippen molar-refractivity contribution in [1.82, 2.24) is 0 Å². The fourth-order valence-corrected chi connectivity index (χ4v) is 3.31. The van der Waals surface area contributed by atoms with Crippen LogP contribution >= 0.6 is 0 Å². The van der Waals surface area contributed by atoms with Gasteiger partial charge in [-0.25, -0.2) is 0 Å².